The lowest BCUT2D eigenvalue weighted by atomic mass is 10.1. The van der Waals surface area contributed by atoms with Crippen LogP contribution in [0.1, 0.15) is 29.9 Å². The molecule has 8 heteroatoms. The molecule has 1 aliphatic rings. The molecule has 3 aromatic rings. The van der Waals surface area contributed by atoms with Crippen molar-refractivity contribution in [1.29, 1.82) is 0 Å². The topological polar surface area (TPSA) is 42.2 Å². The Morgan fingerprint density at radius 3 is 2.36 bits per heavy atom. The normalized spacial score (nSPS) is 14.6. The van der Waals surface area contributed by atoms with Gasteiger partial charge in [-0.2, -0.15) is 18.2 Å². The van der Waals surface area contributed by atoms with E-state index in [4.69, 9.17) is 4.52 Å². The molecule has 0 atom stereocenters. The molecular formula is C20H17F4N3O. The van der Waals surface area contributed by atoms with Crippen LogP contribution in [0, 0.1) is 5.82 Å². The molecule has 146 valence electrons. The van der Waals surface area contributed by atoms with Crippen molar-refractivity contribution in [1.82, 2.24) is 15.0 Å². The molecule has 1 aliphatic carbocycles. The molecule has 0 unspecified atom stereocenters. The molecule has 2 aromatic carbocycles. The Bertz CT molecular complexity index is 949. The molecule has 28 heavy (non-hydrogen) atoms. The molecule has 1 aromatic heterocycles. The van der Waals surface area contributed by atoms with Crippen LogP contribution in [0.4, 0.5) is 17.6 Å². The summed E-state index contributed by atoms with van der Waals surface area (Å²) in [5, 5.41) is 3.87. The van der Waals surface area contributed by atoms with Crippen molar-refractivity contribution in [2.75, 3.05) is 0 Å². The lowest BCUT2D eigenvalue weighted by Crippen LogP contribution is -2.25. The zero-order chi connectivity index (χ0) is 19.7. The number of hydrogen-bond acceptors (Lipinski definition) is 4. The first-order chi connectivity index (χ1) is 13.4. The highest BCUT2D eigenvalue weighted by molar-refractivity contribution is 5.54. The van der Waals surface area contributed by atoms with E-state index in [2.05, 4.69) is 15.0 Å². The third-order valence-electron chi connectivity index (χ3n) is 4.67. The number of alkyl halides is 3. The number of aromatic nitrogens is 2. The summed E-state index contributed by atoms with van der Waals surface area (Å²) < 4.78 is 57.3. The standard InChI is InChI=1S/C20H17F4N3O/c21-17-4-2-1-3-14(17)11-27(16-9-10-16)12-18-25-19(26-28-18)13-5-7-15(8-6-13)20(22,23)24/h1-8,16H,9-12H2. The molecule has 0 amide bonds. The van der Waals surface area contributed by atoms with Crippen molar-refractivity contribution in [2.24, 2.45) is 0 Å². The first-order valence-electron chi connectivity index (χ1n) is 8.88. The smallest absolute Gasteiger partial charge is 0.338 e. The minimum absolute atomic E-state index is 0.227. The maximum atomic E-state index is 14.0. The van der Waals surface area contributed by atoms with Crippen LogP contribution < -0.4 is 0 Å². The maximum Gasteiger partial charge on any atom is 0.416 e. The van der Waals surface area contributed by atoms with Gasteiger partial charge in [-0.05, 0) is 31.0 Å². The Morgan fingerprint density at radius 1 is 1.00 bits per heavy atom. The van der Waals surface area contributed by atoms with Crippen LogP contribution in [0.3, 0.4) is 0 Å². The second-order valence-corrected chi connectivity index (χ2v) is 6.81. The summed E-state index contributed by atoms with van der Waals surface area (Å²) in [6, 6.07) is 11.5. The Labute approximate surface area is 158 Å². The largest absolute Gasteiger partial charge is 0.416 e. The van der Waals surface area contributed by atoms with Gasteiger partial charge < -0.3 is 4.52 Å². The number of benzene rings is 2. The van der Waals surface area contributed by atoms with Crippen LogP contribution in [0.25, 0.3) is 11.4 Å². The Morgan fingerprint density at radius 2 is 1.71 bits per heavy atom. The van der Waals surface area contributed by atoms with Crippen molar-refractivity contribution in [2.45, 2.75) is 38.1 Å². The average molecular weight is 391 g/mol. The first-order valence-corrected chi connectivity index (χ1v) is 8.88. The quantitative estimate of drug-likeness (QED) is 0.551. The van der Waals surface area contributed by atoms with E-state index in [1.165, 1.54) is 18.2 Å². The second-order valence-electron chi connectivity index (χ2n) is 6.81. The molecule has 0 radical (unpaired) electrons. The van der Waals surface area contributed by atoms with E-state index >= 15 is 0 Å². The van der Waals surface area contributed by atoms with Gasteiger partial charge in [0.1, 0.15) is 5.82 Å². The Kier molecular flexibility index (Phi) is 4.89. The van der Waals surface area contributed by atoms with Crippen molar-refractivity contribution in [3.63, 3.8) is 0 Å². The zero-order valence-electron chi connectivity index (χ0n) is 14.8. The van der Waals surface area contributed by atoms with Crippen LogP contribution in [0.5, 0.6) is 0 Å². The molecule has 4 nitrogen and oxygen atoms in total. The highest BCUT2D eigenvalue weighted by Crippen LogP contribution is 2.32. The van der Waals surface area contributed by atoms with Gasteiger partial charge in [-0.1, -0.05) is 35.5 Å². The van der Waals surface area contributed by atoms with Gasteiger partial charge in [0.2, 0.25) is 11.7 Å². The van der Waals surface area contributed by atoms with Gasteiger partial charge in [0.25, 0.3) is 0 Å². The Balaban J connectivity index is 1.48. The minimum Gasteiger partial charge on any atom is -0.338 e. The second kappa shape index (κ2) is 7.35. The van der Waals surface area contributed by atoms with Gasteiger partial charge in [-0.15, -0.1) is 0 Å². The summed E-state index contributed by atoms with van der Waals surface area (Å²) in [7, 11) is 0. The Hall–Kier alpha value is -2.74. The summed E-state index contributed by atoms with van der Waals surface area (Å²) in [6.07, 6.45) is -2.35. The molecular weight excluding hydrogens is 374 g/mol. The van der Waals surface area contributed by atoms with E-state index in [9.17, 15) is 17.6 Å². The number of hydrogen-bond donors (Lipinski definition) is 0. The van der Waals surface area contributed by atoms with Crippen LogP contribution in [0.2, 0.25) is 0 Å². The SMILES string of the molecule is Fc1ccccc1CN(Cc1nc(-c2ccc(C(F)(F)F)cc2)no1)C1CC1. The van der Waals surface area contributed by atoms with Crippen molar-refractivity contribution in [3.8, 4) is 11.4 Å². The lowest BCUT2D eigenvalue weighted by molar-refractivity contribution is -0.137. The highest BCUT2D eigenvalue weighted by atomic mass is 19.4. The number of nitrogens with zero attached hydrogens (tertiary/aromatic N) is 3. The summed E-state index contributed by atoms with van der Waals surface area (Å²) in [4.78, 5) is 6.36. The third kappa shape index (κ3) is 4.22. The highest BCUT2D eigenvalue weighted by Gasteiger charge is 2.31. The monoisotopic (exact) mass is 391 g/mol. The van der Waals surface area contributed by atoms with E-state index < -0.39 is 11.7 Å². The van der Waals surface area contributed by atoms with E-state index in [0.29, 0.717) is 36.1 Å². The zero-order valence-corrected chi connectivity index (χ0v) is 14.8. The summed E-state index contributed by atoms with van der Waals surface area (Å²) in [5.41, 5.74) is 0.303. The predicted molar refractivity (Wildman–Crippen MR) is 93.4 cm³/mol. The molecule has 0 N–H and O–H groups in total. The number of rotatable bonds is 6. The van der Waals surface area contributed by atoms with Crippen molar-refractivity contribution in [3.05, 3.63) is 71.4 Å². The summed E-state index contributed by atoms with van der Waals surface area (Å²) >= 11 is 0. The van der Waals surface area contributed by atoms with E-state index in [0.717, 1.165) is 25.0 Å². The van der Waals surface area contributed by atoms with Crippen LogP contribution in [-0.4, -0.2) is 21.1 Å². The fraction of sp³-hybridized carbons (Fsp3) is 0.300. The fourth-order valence-electron chi connectivity index (χ4n) is 3.02. The molecule has 0 bridgehead atoms. The van der Waals surface area contributed by atoms with Gasteiger partial charge >= 0.3 is 6.18 Å². The fourth-order valence-corrected chi connectivity index (χ4v) is 3.02. The molecule has 0 spiro atoms. The number of halogens is 4. The molecule has 1 heterocycles. The molecule has 1 saturated carbocycles. The molecule has 0 aliphatic heterocycles. The van der Waals surface area contributed by atoms with Gasteiger partial charge in [0.05, 0.1) is 12.1 Å². The summed E-state index contributed by atoms with van der Waals surface area (Å²) in [5.74, 6) is 0.313. The third-order valence-corrected chi connectivity index (χ3v) is 4.67. The van der Waals surface area contributed by atoms with E-state index in [-0.39, 0.29) is 11.6 Å². The van der Waals surface area contributed by atoms with Gasteiger partial charge in [-0.25, -0.2) is 4.39 Å². The average Bonchev–Trinajstić information content (AvgIpc) is 3.41. The van der Waals surface area contributed by atoms with Crippen molar-refractivity contribution >= 4 is 0 Å². The van der Waals surface area contributed by atoms with Crippen LogP contribution in [-0.2, 0) is 19.3 Å². The van der Waals surface area contributed by atoms with Crippen LogP contribution >= 0.6 is 0 Å². The predicted octanol–water partition coefficient (Wildman–Crippen LogP) is 5.06. The molecule has 4 rings (SSSR count). The molecule has 1 fully saturated rings. The first kappa shape index (κ1) is 18.6. The van der Waals surface area contributed by atoms with Crippen molar-refractivity contribution < 1.29 is 22.1 Å². The summed E-state index contributed by atoms with van der Waals surface area (Å²) in [6.45, 7) is 0.780. The minimum atomic E-state index is -4.39. The van der Waals surface area contributed by atoms with Gasteiger partial charge in [-0.3, -0.25) is 4.90 Å². The maximum absolute atomic E-state index is 14.0. The van der Waals surface area contributed by atoms with Crippen LogP contribution in [0.15, 0.2) is 53.1 Å². The van der Waals surface area contributed by atoms with E-state index in [1.807, 2.05) is 0 Å². The lowest BCUT2D eigenvalue weighted by Gasteiger charge is -2.20. The van der Waals surface area contributed by atoms with Gasteiger partial charge in [0, 0.05) is 23.7 Å². The van der Waals surface area contributed by atoms with E-state index in [1.54, 1.807) is 18.2 Å². The molecule has 0 saturated heterocycles. The van der Waals surface area contributed by atoms with Gasteiger partial charge in [0.15, 0.2) is 0 Å².